The van der Waals surface area contributed by atoms with Gasteiger partial charge in [0.2, 0.25) is 0 Å². The van der Waals surface area contributed by atoms with E-state index < -0.39 is 10.8 Å². The number of carbonyl (C=O) groups excluding carboxylic acids is 2. The number of rotatable bonds is 7. The molecule has 0 aromatic heterocycles. The maximum Gasteiger partial charge on any atom is 0.259 e. The Balaban J connectivity index is 1.44. The van der Waals surface area contributed by atoms with Gasteiger partial charge in [-0.15, -0.1) is 0 Å². The van der Waals surface area contributed by atoms with Crippen molar-refractivity contribution in [2.45, 2.75) is 42.1 Å². The highest BCUT2D eigenvalue weighted by Crippen LogP contribution is 2.36. The largest absolute Gasteiger partial charge is 0.350 e. The fraction of sp³-hybridized carbons (Fsp3) is 0.161. The zero-order valence-electron chi connectivity index (χ0n) is 20.6. The second-order valence-electron chi connectivity index (χ2n) is 9.22. The summed E-state index contributed by atoms with van der Waals surface area (Å²) in [4.78, 5) is 29.5. The van der Waals surface area contributed by atoms with E-state index in [4.69, 9.17) is 0 Å². The molecule has 0 saturated heterocycles. The maximum absolute atomic E-state index is 13.7. The van der Waals surface area contributed by atoms with E-state index in [-0.39, 0.29) is 17.9 Å². The summed E-state index contributed by atoms with van der Waals surface area (Å²) in [6.07, 6.45) is 1.67. The molecule has 4 aromatic carbocycles. The summed E-state index contributed by atoms with van der Waals surface area (Å²) >= 11 is 0. The van der Waals surface area contributed by atoms with Crippen LogP contribution in [0.1, 0.15) is 45.2 Å². The van der Waals surface area contributed by atoms with Crippen molar-refractivity contribution in [3.8, 4) is 0 Å². The third-order valence-corrected chi connectivity index (χ3v) is 8.04. The number of nitrogens with one attached hydrogen (secondary N) is 1. The Morgan fingerprint density at radius 3 is 2.22 bits per heavy atom. The van der Waals surface area contributed by atoms with Gasteiger partial charge in [0.15, 0.2) is 0 Å². The van der Waals surface area contributed by atoms with Gasteiger partial charge in [-0.2, -0.15) is 0 Å². The van der Waals surface area contributed by atoms with E-state index in [2.05, 4.69) is 17.4 Å². The molecule has 0 saturated carbocycles. The standard InChI is InChI=1S/C31H28N2O3S/c1-22(16-17-23-10-4-2-5-11-23)32-30(34)25-18-19-29-27(20-25)33(21-24-12-6-3-7-13-24)31(35)26-14-8-9-15-28(26)37(29)36/h2-15,18-20,22H,16-17,21H2,1H3,(H,32,34)/t22-,37-/m0/s1. The summed E-state index contributed by atoms with van der Waals surface area (Å²) in [5.41, 5.74) is 3.50. The number of anilines is 1. The van der Waals surface area contributed by atoms with Crippen molar-refractivity contribution in [1.82, 2.24) is 5.32 Å². The van der Waals surface area contributed by atoms with Crippen LogP contribution in [0.5, 0.6) is 0 Å². The predicted octanol–water partition coefficient (Wildman–Crippen LogP) is 5.76. The van der Waals surface area contributed by atoms with Gasteiger partial charge in [0.1, 0.15) is 0 Å². The van der Waals surface area contributed by atoms with Gasteiger partial charge in [-0.1, -0.05) is 72.8 Å². The Morgan fingerprint density at radius 1 is 0.838 bits per heavy atom. The predicted molar refractivity (Wildman–Crippen MR) is 146 cm³/mol. The van der Waals surface area contributed by atoms with Gasteiger partial charge >= 0.3 is 0 Å². The first-order valence-corrected chi connectivity index (χ1v) is 13.5. The molecule has 0 aliphatic carbocycles. The second kappa shape index (κ2) is 10.9. The van der Waals surface area contributed by atoms with Crippen LogP contribution >= 0.6 is 0 Å². The van der Waals surface area contributed by atoms with Gasteiger partial charge in [0.25, 0.3) is 11.8 Å². The molecule has 186 valence electrons. The van der Waals surface area contributed by atoms with E-state index in [0.717, 1.165) is 18.4 Å². The lowest BCUT2D eigenvalue weighted by Crippen LogP contribution is -2.33. The number of aryl methyl sites for hydroxylation is 1. The molecule has 5 nitrogen and oxygen atoms in total. The third-order valence-electron chi connectivity index (χ3n) is 6.54. The maximum atomic E-state index is 13.7. The fourth-order valence-corrected chi connectivity index (χ4v) is 5.88. The minimum absolute atomic E-state index is 0.0352. The molecule has 0 spiro atoms. The van der Waals surface area contributed by atoms with Crippen molar-refractivity contribution in [3.63, 3.8) is 0 Å². The molecule has 1 heterocycles. The summed E-state index contributed by atoms with van der Waals surface area (Å²) in [6.45, 7) is 2.29. The molecule has 5 rings (SSSR count). The van der Waals surface area contributed by atoms with Crippen LogP contribution in [0.3, 0.4) is 0 Å². The molecule has 1 aliphatic rings. The number of amides is 2. The number of hydrogen-bond donors (Lipinski definition) is 1. The first-order valence-electron chi connectivity index (χ1n) is 12.4. The molecular weight excluding hydrogens is 480 g/mol. The van der Waals surface area contributed by atoms with Crippen LogP contribution < -0.4 is 10.2 Å². The van der Waals surface area contributed by atoms with Crippen LogP contribution in [0.25, 0.3) is 0 Å². The van der Waals surface area contributed by atoms with E-state index in [1.165, 1.54) is 5.56 Å². The van der Waals surface area contributed by atoms with Crippen molar-refractivity contribution in [1.29, 1.82) is 0 Å². The Kier molecular flexibility index (Phi) is 7.28. The van der Waals surface area contributed by atoms with Crippen molar-refractivity contribution in [2.75, 3.05) is 4.90 Å². The van der Waals surface area contributed by atoms with E-state index in [9.17, 15) is 13.8 Å². The Bertz CT molecular complexity index is 1450. The molecule has 2 amide bonds. The van der Waals surface area contributed by atoms with Crippen LogP contribution in [0, 0.1) is 0 Å². The molecule has 4 aromatic rings. The molecule has 0 radical (unpaired) electrons. The number of benzene rings is 4. The first kappa shape index (κ1) is 24.7. The van der Waals surface area contributed by atoms with Gasteiger partial charge in [-0.25, -0.2) is 4.21 Å². The van der Waals surface area contributed by atoms with Gasteiger partial charge in [-0.05, 0) is 61.2 Å². The summed E-state index contributed by atoms with van der Waals surface area (Å²) in [7, 11) is -1.56. The Labute approximate surface area is 219 Å². The van der Waals surface area contributed by atoms with Crippen molar-refractivity contribution in [3.05, 3.63) is 125 Å². The molecule has 0 bridgehead atoms. The smallest absolute Gasteiger partial charge is 0.259 e. The molecule has 1 aliphatic heterocycles. The Hall–Kier alpha value is -4.03. The SMILES string of the molecule is C[C@@H](CCc1ccccc1)NC(=O)c1ccc2c(c1)N(Cc1ccccc1)C(=O)c1ccccc1[S@@]2=O. The Morgan fingerprint density at radius 2 is 1.49 bits per heavy atom. The van der Waals surface area contributed by atoms with Crippen molar-refractivity contribution in [2.24, 2.45) is 0 Å². The highest BCUT2D eigenvalue weighted by Gasteiger charge is 2.31. The minimum Gasteiger partial charge on any atom is -0.350 e. The number of nitrogens with zero attached hydrogens (tertiary/aromatic N) is 1. The summed E-state index contributed by atoms with van der Waals surface area (Å²) in [5, 5.41) is 3.07. The first-order chi connectivity index (χ1) is 18.0. The zero-order valence-corrected chi connectivity index (χ0v) is 21.4. The number of carbonyl (C=O) groups is 2. The molecule has 2 atom stereocenters. The molecule has 0 unspecified atom stereocenters. The van der Waals surface area contributed by atoms with Crippen LogP contribution in [-0.2, 0) is 23.8 Å². The van der Waals surface area contributed by atoms with Crippen molar-refractivity contribution >= 4 is 28.3 Å². The normalized spacial score (nSPS) is 15.3. The van der Waals surface area contributed by atoms with E-state index >= 15 is 0 Å². The molecule has 37 heavy (non-hydrogen) atoms. The minimum atomic E-state index is -1.56. The third kappa shape index (κ3) is 5.39. The highest BCUT2D eigenvalue weighted by molar-refractivity contribution is 7.85. The summed E-state index contributed by atoms with van der Waals surface area (Å²) < 4.78 is 13.6. The van der Waals surface area contributed by atoms with Crippen molar-refractivity contribution < 1.29 is 13.8 Å². The van der Waals surface area contributed by atoms with Gasteiger partial charge in [0, 0.05) is 11.6 Å². The zero-order chi connectivity index (χ0) is 25.8. The monoisotopic (exact) mass is 508 g/mol. The lowest BCUT2D eigenvalue weighted by molar-refractivity contribution is 0.0935. The van der Waals surface area contributed by atoms with Gasteiger partial charge in [0.05, 0.1) is 38.4 Å². The topological polar surface area (TPSA) is 66.5 Å². The lowest BCUT2D eigenvalue weighted by atomic mass is 10.1. The van der Waals surface area contributed by atoms with Crippen LogP contribution in [0.2, 0.25) is 0 Å². The average molecular weight is 509 g/mol. The quantitative estimate of drug-likeness (QED) is 0.345. The number of fused-ring (bicyclic) bond motifs is 2. The molecule has 6 heteroatoms. The van der Waals surface area contributed by atoms with E-state index in [1.54, 1.807) is 47.4 Å². The summed E-state index contributed by atoms with van der Waals surface area (Å²) in [6, 6.07) is 31.9. The van der Waals surface area contributed by atoms with E-state index in [0.29, 0.717) is 33.2 Å². The molecular formula is C31H28N2O3S. The summed E-state index contributed by atoms with van der Waals surface area (Å²) in [5.74, 6) is -0.455. The molecule has 0 fully saturated rings. The van der Waals surface area contributed by atoms with Crippen LogP contribution in [0.15, 0.2) is 113 Å². The fourth-order valence-electron chi connectivity index (χ4n) is 4.53. The second-order valence-corrected chi connectivity index (χ2v) is 10.6. The van der Waals surface area contributed by atoms with Gasteiger partial charge < -0.3 is 10.2 Å². The van der Waals surface area contributed by atoms with E-state index in [1.807, 2.05) is 55.5 Å². The van der Waals surface area contributed by atoms with Crippen LogP contribution in [0.4, 0.5) is 5.69 Å². The highest BCUT2D eigenvalue weighted by atomic mass is 32.2. The molecule has 1 N–H and O–H groups in total. The van der Waals surface area contributed by atoms with Gasteiger partial charge in [-0.3, -0.25) is 9.59 Å². The number of hydrogen-bond acceptors (Lipinski definition) is 3. The van der Waals surface area contributed by atoms with Crippen LogP contribution in [-0.4, -0.2) is 22.1 Å². The average Bonchev–Trinajstić information content (AvgIpc) is 3.02. The lowest BCUT2D eigenvalue weighted by Gasteiger charge is -2.24.